The molecule has 0 heterocycles. The molecule has 1 aromatic carbocycles. The molecule has 1 rings (SSSR count). The van der Waals surface area contributed by atoms with Gasteiger partial charge in [-0.3, -0.25) is 4.79 Å². The molecule has 1 N–H and O–H groups in total. The summed E-state index contributed by atoms with van der Waals surface area (Å²) in [6, 6.07) is 8.50. The van der Waals surface area contributed by atoms with Gasteiger partial charge in [-0.05, 0) is 25.0 Å². The van der Waals surface area contributed by atoms with Gasteiger partial charge in [-0.2, -0.15) is 5.26 Å². The van der Waals surface area contributed by atoms with Crippen LogP contribution in [0.15, 0.2) is 36.0 Å². The Morgan fingerprint density at radius 3 is 2.35 bits per heavy atom. The number of methoxy groups -OCH3 is 1. The Kier molecular flexibility index (Phi) is 9.55. The molecule has 0 saturated heterocycles. The van der Waals surface area contributed by atoms with Crippen molar-refractivity contribution in [2.24, 2.45) is 0 Å². The summed E-state index contributed by atoms with van der Waals surface area (Å²) in [6.45, 7) is 5.80. The summed E-state index contributed by atoms with van der Waals surface area (Å²) in [5.41, 5.74) is 0.575. The molecule has 0 aliphatic carbocycles. The maximum Gasteiger partial charge on any atom is 0.339 e. The lowest BCUT2D eigenvalue weighted by Crippen LogP contribution is -2.23. The fraction of sp³-hybridized carbons (Fsp3) is 0.450. The van der Waals surface area contributed by atoms with Crippen LogP contribution in [0.3, 0.4) is 0 Å². The van der Waals surface area contributed by atoms with Gasteiger partial charge in [0.25, 0.3) is 5.91 Å². The summed E-state index contributed by atoms with van der Waals surface area (Å²) < 4.78 is 4.72. The third-order valence-corrected chi connectivity index (χ3v) is 3.86. The number of amides is 1. The van der Waals surface area contributed by atoms with E-state index in [1.165, 1.54) is 7.11 Å². The SMILES string of the molecule is CCCCN(/C=C(/C#N)C(=O)Nc1ccccc1C(=O)OC)CCCC. The number of ether oxygens (including phenoxy) is 1. The van der Waals surface area contributed by atoms with Gasteiger partial charge in [0, 0.05) is 19.3 Å². The summed E-state index contributed by atoms with van der Waals surface area (Å²) in [5, 5.41) is 12.0. The highest BCUT2D eigenvalue weighted by Crippen LogP contribution is 2.17. The Labute approximate surface area is 155 Å². The van der Waals surface area contributed by atoms with Crippen LogP contribution in [0.5, 0.6) is 0 Å². The molecular weight excluding hydrogens is 330 g/mol. The standard InChI is InChI=1S/C20H27N3O3/c1-4-6-12-23(13-7-5-2)15-16(14-21)19(24)22-18-11-9-8-10-17(18)20(25)26-3/h8-11,15H,4-7,12-13H2,1-3H3,(H,22,24)/b16-15-. The topological polar surface area (TPSA) is 82.4 Å². The van der Waals surface area contributed by atoms with Gasteiger partial charge in [-0.1, -0.05) is 38.8 Å². The lowest BCUT2D eigenvalue weighted by Gasteiger charge is -2.20. The lowest BCUT2D eigenvalue weighted by atomic mass is 10.1. The first-order valence-electron chi connectivity index (χ1n) is 8.92. The number of esters is 1. The summed E-state index contributed by atoms with van der Waals surface area (Å²) in [4.78, 5) is 26.3. The second-order valence-corrected chi connectivity index (χ2v) is 5.89. The highest BCUT2D eigenvalue weighted by molar-refractivity contribution is 6.09. The molecule has 6 nitrogen and oxygen atoms in total. The van der Waals surface area contributed by atoms with E-state index in [9.17, 15) is 14.9 Å². The molecule has 0 aliphatic heterocycles. The zero-order chi connectivity index (χ0) is 19.4. The predicted molar refractivity (Wildman–Crippen MR) is 101 cm³/mol. The minimum Gasteiger partial charge on any atom is -0.465 e. The molecule has 0 spiro atoms. The van der Waals surface area contributed by atoms with Crippen molar-refractivity contribution in [3.63, 3.8) is 0 Å². The Hall–Kier alpha value is -2.81. The van der Waals surface area contributed by atoms with E-state index in [4.69, 9.17) is 4.74 Å². The van der Waals surface area contributed by atoms with Gasteiger partial charge in [0.2, 0.25) is 0 Å². The molecule has 0 atom stereocenters. The van der Waals surface area contributed by atoms with Crippen LogP contribution in [-0.2, 0) is 9.53 Å². The van der Waals surface area contributed by atoms with Crippen LogP contribution in [0.2, 0.25) is 0 Å². The largest absolute Gasteiger partial charge is 0.465 e. The molecule has 0 aromatic heterocycles. The maximum absolute atomic E-state index is 12.5. The number of unbranched alkanes of at least 4 members (excludes halogenated alkanes) is 2. The molecule has 1 amide bonds. The van der Waals surface area contributed by atoms with Crippen molar-refractivity contribution in [1.82, 2.24) is 4.90 Å². The van der Waals surface area contributed by atoms with Crippen LogP contribution in [0.4, 0.5) is 5.69 Å². The Morgan fingerprint density at radius 1 is 1.19 bits per heavy atom. The molecule has 0 aliphatic rings. The normalized spacial score (nSPS) is 10.8. The maximum atomic E-state index is 12.5. The molecule has 0 fully saturated rings. The molecule has 6 heteroatoms. The number of nitriles is 1. The number of nitrogens with zero attached hydrogens (tertiary/aromatic N) is 2. The van der Waals surface area contributed by atoms with Crippen LogP contribution < -0.4 is 5.32 Å². The van der Waals surface area contributed by atoms with Crippen LogP contribution in [0, 0.1) is 11.3 Å². The van der Waals surface area contributed by atoms with Crippen molar-refractivity contribution in [2.45, 2.75) is 39.5 Å². The monoisotopic (exact) mass is 357 g/mol. The number of anilines is 1. The molecule has 0 radical (unpaired) electrons. The lowest BCUT2D eigenvalue weighted by molar-refractivity contribution is -0.112. The van der Waals surface area contributed by atoms with Gasteiger partial charge >= 0.3 is 5.97 Å². The van der Waals surface area contributed by atoms with Gasteiger partial charge < -0.3 is 15.0 Å². The van der Waals surface area contributed by atoms with Gasteiger partial charge in [0.15, 0.2) is 0 Å². The summed E-state index contributed by atoms with van der Waals surface area (Å²) in [6.07, 6.45) is 5.67. The third-order valence-electron chi connectivity index (χ3n) is 3.86. The van der Waals surface area contributed by atoms with E-state index < -0.39 is 11.9 Å². The minimum atomic E-state index is -0.545. The Bertz CT molecular complexity index is 669. The quantitative estimate of drug-likeness (QED) is 0.392. The first kappa shape index (κ1) is 21.2. The van der Waals surface area contributed by atoms with E-state index in [2.05, 4.69) is 19.2 Å². The summed E-state index contributed by atoms with van der Waals surface area (Å²) in [7, 11) is 1.28. The van der Waals surface area contributed by atoms with E-state index in [1.807, 2.05) is 11.0 Å². The number of rotatable bonds is 10. The van der Waals surface area contributed by atoms with Crippen molar-refractivity contribution in [2.75, 3.05) is 25.5 Å². The number of benzene rings is 1. The van der Waals surface area contributed by atoms with Crippen molar-refractivity contribution in [3.8, 4) is 6.07 Å². The van der Waals surface area contributed by atoms with Gasteiger partial charge in [-0.15, -0.1) is 0 Å². The second-order valence-electron chi connectivity index (χ2n) is 5.89. The van der Waals surface area contributed by atoms with E-state index in [0.717, 1.165) is 38.8 Å². The minimum absolute atomic E-state index is 0.0110. The third kappa shape index (κ3) is 6.60. The average Bonchev–Trinajstić information content (AvgIpc) is 2.67. The molecule has 1 aromatic rings. The predicted octanol–water partition coefficient (Wildman–Crippen LogP) is 3.72. The number of nitrogens with one attached hydrogen (secondary N) is 1. The van der Waals surface area contributed by atoms with Crippen LogP contribution in [0.1, 0.15) is 49.9 Å². The van der Waals surface area contributed by atoms with E-state index >= 15 is 0 Å². The van der Waals surface area contributed by atoms with Crippen molar-refractivity contribution < 1.29 is 14.3 Å². The number of para-hydroxylation sites is 1. The van der Waals surface area contributed by atoms with Crippen LogP contribution in [0.25, 0.3) is 0 Å². The highest BCUT2D eigenvalue weighted by atomic mass is 16.5. The van der Waals surface area contributed by atoms with Crippen molar-refractivity contribution in [1.29, 1.82) is 5.26 Å². The number of carbonyl (C=O) groups is 2. The van der Waals surface area contributed by atoms with E-state index in [1.54, 1.807) is 30.5 Å². The fourth-order valence-corrected chi connectivity index (χ4v) is 2.35. The molecular formula is C20H27N3O3. The molecule has 140 valence electrons. The molecule has 0 bridgehead atoms. The van der Waals surface area contributed by atoms with Crippen LogP contribution >= 0.6 is 0 Å². The van der Waals surface area contributed by atoms with Gasteiger partial charge in [0.1, 0.15) is 11.6 Å². The summed E-state index contributed by atoms with van der Waals surface area (Å²) >= 11 is 0. The van der Waals surface area contributed by atoms with Gasteiger partial charge in [-0.25, -0.2) is 4.79 Å². The zero-order valence-corrected chi connectivity index (χ0v) is 15.7. The van der Waals surface area contributed by atoms with Crippen molar-refractivity contribution >= 4 is 17.6 Å². The van der Waals surface area contributed by atoms with Gasteiger partial charge in [0.05, 0.1) is 18.4 Å². The number of carbonyl (C=O) groups excluding carboxylic acids is 2. The second kappa shape index (κ2) is 11.7. The van der Waals surface area contributed by atoms with E-state index in [-0.39, 0.29) is 11.1 Å². The first-order valence-corrected chi connectivity index (χ1v) is 8.92. The first-order chi connectivity index (χ1) is 12.6. The Balaban J connectivity index is 2.97. The molecule has 0 saturated carbocycles. The fourth-order valence-electron chi connectivity index (χ4n) is 2.35. The number of hydrogen-bond donors (Lipinski definition) is 1. The molecule has 26 heavy (non-hydrogen) atoms. The zero-order valence-electron chi connectivity index (χ0n) is 15.7. The van der Waals surface area contributed by atoms with Crippen molar-refractivity contribution in [3.05, 3.63) is 41.6 Å². The molecule has 0 unspecified atom stereocenters. The van der Waals surface area contributed by atoms with Crippen LogP contribution in [-0.4, -0.2) is 37.0 Å². The Morgan fingerprint density at radius 2 is 1.81 bits per heavy atom. The summed E-state index contributed by atoms with van der Waals surface area (Å²) in [5.74, 6) is -1.09. The average molecular weight is 357 g/mol. The highest BCUT2D eigenvalue weighted by Gasteiger charge is 2.16. The smallest absolute Gasteiger partial charge is 0.339 e. The number of hydrogen-bond acceptors (Lipinski definition) is 5. The van der Waals surface area contributed by atoms with E-state index in [0.29, 0.717) is 5.69 Å².